The first-order chi connectivity index (χ1) is 8.78. The number of hydrogen-bond acceptors (Lipinski definition) is 6. The van der Waals surface area contributed by atoms with Crippen LogP contribution in [0.1, 0.15) is 5.56 Å². The first-order valence-corrected chi connectivity index (χ1v) is 5.98. The standard InChI is InChI=1S/C12H7N5S/c13-5-7-6-15-12(14)17-10(7)11-16-8-3-1-2-4-9(8)18-11/h1-4,6H,(H2,14,15,17). The molecule has 0 atom stereocenters. The van der Waals surface area contributed by atoms with Crippen molar-refractivity contribution in [2.24, 2.45) is 0 Å². The zero-order chi connectivity index (χ0) is 12.5. The molecule has 0 unspecified atom stereocenters. The summed E-state index contributed by atoms with van der Waals surface area (Å²) in [6.45, 7) is 0. The Morgan fingerprint density at radius 2 is 2.06 bits per heavy atom. The van der Waals surface area contributed by atoms with Gasteiger partial charge in [-0.3, -0.25) is 0 Å². The molecule has 0 spiro atoms. The summed E-state index contributed by atoms with van der Waals surface area (Å²) in [5, 5.41) is 9.73. The second kappa shape index (κ2) is 4.05. The van der Waals surface area contributed by atoms with Crippen molar-refractivity contribution in [3.63, 3.8) is 0 Å². The lowest BCUT2D eigenvalue weighted by Crippen LogP contribution is -1.98. The van der Waals surface area contributed by atoms with Gasteiger partial charge >= 0.3 is 0 Å². The number of aromatic nitrogens is 3. The number of para-hydroxylation sites is 1. The minimum absolute atomic E-state index is 0.142. The number of nitrogens with zero attached hydrogens (tertiary/aromatic N) is 4. The lowest BCUT2D eigenvalue weighted by Gasteiger charge is -1.98. The molecule has 0 radical (unpaired) electrons. The van der Waals surface area contributed by atoms with Gasteiger partial charge in [0.15, 0.2) is 0 Å². The summed E-state index contributed by atoms with van der Waals surface area (Å²) in [6, 6.07) is 9.82. The summed E-state index contributed by atoms with van der Waals surface area (Å²) in [5.74, 6) is 0.142. The summed E-state index contributed by atoms with van der Waals surface area (Å²) >= 11 is 1.48. The first kappa shape index (κ1) is 10.6. The Bertz CT molecular complexity index is 738. The van der Waals surface area contributed by atoms with Crippen LogP contribution in [-0.2, 0) is 0 Å². The smallest absolute Gasteiger partial charge is 0.220 e. The number of nitriles is 1. The topological polar surface area (TPSA) is 88.5 Å². The molecule has 6 heteroatoms. The molecule has 2 aromatic heterocycles. The number of rotatable bonds is 1. The zero-order valence-corrected chi connectivity index (χ0v) is 9.98. The first-order valence-electron chi connectivity index (χ1n) is 5.16. The summed E-state index contributed by atoms with van der Waals surface area (Å²) in [6.07, 6.45) is 1.42. The van der Waals surface area contributed by atoms with Crippen molar-refractivity contribution in [2.45, 2.75) is 0 Å². The van der Waals surface area contributed by atoms with E-state index in [4.69, 9.17) is 11.0 Å². The molecule has 18 heavy (non-hydrogen) atoms. The molecule has 3 rings (SSSR count). The normalized spacial score (nSPS) is 10.4. The number of anilines is 1. The number of nitrogens with two attached hydrogens (primary N) is 1. The molecule has 86 valence electrons. The molecule has 3 aromatic rings. The van der Waals surface area contributed by atoms with Crippen LogP contribution in [0.15, 0.2) is 30.5 Å². The number of nitrogen functional groups attached to an aromatic ring is 1. The minimum atomic E-state index is 0.142. The lowest BCUT2D eigenvalue weighted by atomic mass is 10.2. The van der Waals surface area contributed by atoms with Crippen LogP contribution in [0.2, 0.25) is 0 Å². The van der Waals surface area contributed by atoms with Gasteiger partial charge in [0.1, 0.15) is 16.8 Å². The number of thiazole rings is 1. The summed E-state index contributed by atoms with van der Waals surface area (Å²) < 4.78 is 1.05. The third kappa shape index (κ3) is 1.67. The van der Waals surface area contributed by atoms with Crippen molar-refractivity contribution < 1.29 is 0 Å². The minimum Gasteiger partial charge on any atom is -0.368 e. The maximum absolute atomic E-state index is 9.05. The Morgan fingerprint density at radius 3 is 2.83 bits per heavy atom. The van der Waals surface area contributed by atoms with Gasteiger partial charge in [0.2, 0.25) is 5.95 Å². The van der Waals surface area contributed by atoms with Gasteiger partial charge in [-0.2, -0.15) is 5.26 Å². The third-order valence-corrected chi connectivity index (χ3v) is 3.47. The summed E-state index contributed by atoms with van der Waals surface area (Å²) in [7, 11) is 0. The van der Waals surface area contributed by atoms with Crippen molar-refractivity contribution >= 4 is 27.5 Å². The van der Waals surface area contributed by atoms with Gasteiger partial charge in [-0.05, 0) is 12.1 Å². The van der Waals surface area contributed by atoms with E-state index in [0.717, 1.165) is 10.2 Å². The van der Waals surface area contributed by atoms with E-state index in [9.17, 15) is 0 Å². The average molecular weight is 253 g/mol. The fraction of sp³-hybridized carbons (Fsp3) is 0. The van der Waals surface area contributed by atoms with E-state index in [-0.39, 0.29) is 5.95 Å². The molecule has 0 fully saturated rings. The van der Waals surface area contributed by atoms with Crippen molar-refractivity contribution in [2.75, 3.05) is 5.73 Å². The van der Waals surface area contributed by atoms with Gasteiger partial charge in [-0.25, -0.2) is 15.0 Å². The van der Waals surface area contributed by atoms with Crippen LogP contribution in [0, 0.1) is 11.3 Å². The van der Waals surface area contributed by atoms with E-state index in [1.165, 1.54) is 17.5 Å². The highest BCUT2D eigenvalue weighted by molar-refractivity contribution is 7.21. The van der Waals surface area contributed by atoms with Crippen molar-refractivity contribution in [3.05, 3.63) is 36.0 Å². The van der Waals surface area contributed by atoms with Crippen molar-refractivity contribution in [1.29, 1.82) is 5.26 Å². The van der Waals surface area contributed by atoms with Crippen LogP contribution in [0.25, 0.3) is 20.9 Å². The maximum Gasteiger partial charge on any atom is 0.220 e. The molecule has 0 aliphatic heterocycles. The summed E-state index contributed by atoms with van der Waals surface area (Å²) in [4.78, 5) is 12.4. The number of hydrogen-bond donors (Lipinski definition) is 1. The molecule has 0 saturated heterocycles. The predicted molar refractivity (Wildman–Crippen MR) is 69.8 cm³/mol. The Balaban J connectivity index is 2.26. The van der Waals surface area contributed by atoms with Gasteiger partial charge in [-0.1, -0.05) is 12.1 Å². The van der Waals surface area contributed by atoms with Gasteiger partial charge < -0.3 is 5.73 Å². The maximum atomic E-state index is 9.05. The van der Waals surface area contributed by atoms with Crippen LogP contribution >= 0.6 is 11.3 Å². The summed E-state index contributed by atoms with van der Waals surface area (Å²) in [5.41, 5.74) is 7.32. The fourth-order valence-corrected chi connectivity index (χ4v) is 2.58. The van der Waals surface area contributed by atoms with Crippen LogP contribution in [0.3, 0.4) is 0 Å². The van der Waals surface area contributed by atoms with Gasteiger partial charge in [0.05, 0.1) is 22.0 Å². The lowest BCUT2D eigenvalue weighted by molar-refractivity contribution is 1.17. The molecule has 1 aromatic carbocycles. The molecule has 2 heterocycles. The molecule has 0 aliphatic carbocycles. The molecule has 0 aliphatic rings. The molecule has 0 amide bonds. The average Bonchev–Trinajstić information content (AvgIpc) is 2.82. The Morgan fingerprint density at radius 1 is 1.22 bits per heavy atom. The van der Waals surface area contributed by atoms with Gasteiger partial charge in [0, 0.05) is 0 Å². The van der Waals surface area contributed by atoms with Gasteiger partial charge in [0.25, 0.3) is 0 Å². The van der Waals surface area contributed by atoms with E-state index >= 15 is 0 Å². The Kier molecular flexibility index (Phi) is 2.39. The molecule has 5 nitrogen and oxygen atoms in total. The highest BCUT2D eigenvalue weighted by Crippen LogP contribution is 2.30. The van der Waals surface area contributed by atoms with Gasteiger partial charge in [-0.15, -0.1) is 11.3 Å². The quantitative estimate of drug-likeness (QED) is 0.718. The zero-order valence-electron chi connectivity index (χ0n) is 9.16. The second-order valence-corrected chi connectivity index (χ2v) is 4.62. The predicted octanol–water partition coefficient (Wildman–Crippen LogP) is 2.21. The highest BCUT2D eigenvalue weighted by atomic mass is 32.1. The van der Waals surface area contributed by atoms with E-state index in [2.05, 4.69) is 21.0 Å². The van der Waals surface area contributed by atoms with Crippen molar-refractivity contribution in [1.82, 2.24) is 15.0 Å². The number of fused-ring (bicyclic) bond motifs is 1. The monoisotopic (exact) mass is 253 g/mol. The number of benzene rings is 1. The van der Waals surface area contributed by atoms with Crippen LogP contribution in [-0.4, -0.2) is 15.0 Å². The van der Waals surface area contributed by atoms with Crippen LogP contribution in [0.5, 0.6) is 0 Å². The van der Waals surface area contributed by atoms with Crippen LogP contribution in [0.4, 0.5) is 5.95 Å². The second-order valence-electron chi connectivity index (χ2n) is 3.59. The largest absolute Gasteiger partial charge is 0.368 e. The SMILES string of the molecule is N#Cc1cnc(N)nc1-c1nc2ccccc2s1. The molecular formula is C12H7N5S. The molecule has 0 bridgehead atoms. The fourth-order valence-electron chi connectivity index (χ4n) is 1.61. The van der Waals surface area contributed by atoms with E-state index in [0.29, 0.717) is 16.3 Å². The highest BCUT2D eigenvalue weighted by Gasteiger charge is 2.13. The van der Waals surface area contributed by atoms with E-state index < -0.39 is 0 Å². The molecule has 0 saturated carbocycles. The molecule has 2 N–H and O–H groups in total. The van der Waals surface area contributed by atoms with Crippen LogP contribution < -0.4 is 5.73 Å². The van der Waals surface area contributed by atoms with E-state index in [1.807, 2.05) is 24.3 Å². The van der Waals surface area contributed by atoms with E-state index in [1.54, 1.807) is 0 Å². The van der Waals surface area contributed by atoms with Crippen molar-refractivity contribution in [3.8, 4) is 16.8 Å². The molecular weight excluding hydrogens is 246 g/mol. The third-order valence-electron chi connectivity index (χ3n) is 2.42. The Hall–Kier alpha value is -2.52. The Labute approximate surface area is 107 Å².